The van der Waals surface area contributed by atoms with Crippen molar-refractivity contribution in [2.75, 3.05) is 19.8 Å². The van der Waals surface area contributed by atoms with Gasteiger partial charge in [-0.05, 0) is 35.3 Å². The third-order valence-corrected chi connectivity index (χ3v) is 5.26. The minimum Gasteiger partial charge on any atom is -0.447 e. The van der Waals surface area contributed by atoms with E-state index in [-0.39, 0.29) is 37.1 Å². The maximum atomic E-state index is 14.5. The van der Waals surface area contributed by atoms with Crippen LogP contribution in [0.15, 0.2) is 54.6 Å². The lowest BCUT2D eigenvalue weighted by molar-refractivity contribution is -0.134. The fourth-order valence-corrected chi connectivity index (χ4v) is 3.67. The van der Waals surface area contributed by atoms with Crippen LogP contribution in [0.1, 0.15) is 31.0 Å². The molecule has 2 aromatic rings. The monoisotopic (exact) mass is 444 g/mol. The first kappa shape index (κ1) is 23.4. The molecule has 0 aromatic heterocycles. The van der Waals surface area contributed by atoms with Crippen molar-refractivity contribution in [3.8, 4) is 0 Å². The second-order valence-electron chi connectivity index (χ2n) is 7.86. The number of aliphatic hydroxyl groups excluding tert-OH is 1. The van der Waals surface area contributed by atoms with Crippen LogP contribution in [0.3, 0.4) is 0 Å². The Bertz CT molecular complexity index is 995. The Morgan fingerprint density at radius 1 is 1.19 bits per heavy atom. The van der Waals surface area contributed by atoms with Crippen LogP contribution in [0.4, 0.5) is 13.6 Å². The van der Waals surface area contributed by atoms with Gasteiger partial charge >= 0.3 is 6.09 Å². The molecule has 2 aromatic carbocycles. The number of carbonyl (C=O) groups is 2. The van der Waals surface area contributed by atoms with E-state index in [2.05, 4.69) is 5.32 Å². The molecular formula is C24H26F2N2O4. The highest BCUT2D eigenvalue weighted by atomic mass is 19.1. The molecule has 8 heteroatoms. The van der Waals surface area contributed by atoms with E-state index in [4.69, 9.17) is 9.84 Å². The van der Waals surface area contributed by atoms with Gasteiger partial charge in [0.25, 0.3) is 0 Å². The van der Waals surface area contributed by atoms with E-state index in [0.717, 1.165) is 23.8 Å². The number of hydrogen-bond donors (Lipinski definition) is 2. The lowest BCUT2D eigenvalue weighted by Gasteiger charge is -2.31. The van der Waals surface area contributed by atoms with Gasteiger partial charge in [-0.3, -0.25) is 4.79 Å². The summed E-state index contributed by atoms with van der Waals surface area (Å²) in [6.07, 6.45) is 0.929. The zero-order valence-electron chi connectivity index (χ0n) is 17.9. The quantitative estimate of drug-likeness (QED) is 0.683. The molecule has 0 fully saturated rings. The lowest BCUT2D eigenvalue weighted by atomic mass is 10.0. The molecule has 0 spiro atoms. The van der Waals surface area contributed by atoms with Crippen molar-refractivity contribution in [2.24, 2.45) is 5.92 Å². The van der Waals surface area contributed by atoms with E-state index in [1.807, 2.05) is 30.3 Å². The number of alkyl carbamates (subject to hydrolysis) is 1. The molecule has 0 saturated heterocycles. The number of carbonyl (C=O) groups excluding carboxylic acids is 2. The van der Waals surface area contributed by atoms with E-state index in [0.29, 0.717) is 5.57 Å². The lowest BCUT2D eigenvalue weighted by Crippen LogP contribution is -2.51. The maximum absolute atomic E-state index is 14.5. The summed E-state index contributed by atoms with van der Waals surface area (Å²) < 4.78 is 33.1. The molecule has 0 bridgehead atoms. The number of aliphatic hydroxyl groups is 1. The number of halogens is 2. The van der Waals surface area contributed by atoms with Gasteiger partial charge in [0.2, 0.25) is 5.91 Å². The Kier molecular flexibility index (Phi) is 7.58. The highest BCUT2D eigenvalue weighted by molar-refractivity contribution is 5.89. The van der Waals surface area contributed by atoms with Crippen molar-refractivity contribution >= 4 is 17.6 Å². The Balaban J connectivity index is 1.93. The normalized spacial score (nSPS) is 16.6. The van der Waals surface area contributed by atoms with E-state index < -0.39 is 29.8 Å². The van der Waals surface area contributed by atoms with E-state index in [1.165, 1.54) is 4.90 Å². The smallest absolute Gasteiger partial charge is 0.407 e. The molecule has 1 aliphatic rings. The highest BCUT2D eigenvalue weighted by Gasteiger charge is 2.37. The van der Waals surface area contributed by atoms with E-state index >= 15 is 0 Å². The molecule has 0 unspecified atom stereocenters. The molecule has 3 rings (SSSR count). The van der Waals surface area contributed by atoms with E-state index in [1.54, 1.807) is 19.9 Å². The average Bonchev–Trinajstić information content (AvgIpc) is 3.23. The standard InChI is InChI=1S/C24H26F2N2O4/c1-15(2)22(27-24(31)32-11-10-29)23(30)28-14-17(19-13-18(25)8-9-20(19)26)12-21(28)16-6-4-3-5-7-16/h3-9,12-13,15,21-22,29H,10-11,14H2,1-2H3,(H,27,31)/t21-,22-/m0/s1. The van der Waals surface area contributed by atoms with Crippen molar-refractivity contribution in [3.05, 3.63) is 77.4 Å². The molecule has 1 heterocycles. The number of rotatable bonds is 7. The van der Waals surface area contributed by atoms with Crippen LogP contribution >= 0.6 is 0 Å². The first-order chi connectivity index (χ1) is 15.3. The second kappa shape index (κ2) is 10.4. The van der Waals surface area contributed by atoms with Crippen LogP contribution in [0.25, 0.3) is 5.57 Å². The zero-order valence-corrected chi connectivity index (χ0v) is 17.9. The fourth-order valence-electron chi connectivity index (χ4n) is 3.67. The first-order valence-corrected chi connectivity index (χ1v) is 10.4. The van der Waals surface area contributed by atoms with Crippen molar-refractivity contribution in [3.63, 3.8) is 0 Å². The number of ether oxygens (including phenoxy) is 1. The molecular weight excluding hydrogens is 418 g/mol. The number of nitrogens with zero attached hydrogens (tertiary/aromatic N) is 1. The SMILES string of the molecule is CC(C)[C@H](NC(=O)OCCO)C(=O)N1CC(c2cc(F)ccc2F)=C[C@H]1c1ccccc1. The number of hydrogen-bond acceptors (Lipinski definition) is 4. The zero-order chi connectivity index (χ0) is 23.3. The maximum Gasteiger partial charge on any atom is 0.407 e. The van der Waals surface area contributed by atoms with Gasteiger partial charge in [-0.2, -0.15) is 0 Å². The summed E-state index contributed by atoms with van der Waals surface area (Å²) >= 11 is 0. The van der Waals surface area contributed by atoms with Gasteiger partial charge in [-0.15, -0.1) is 0 Å². The number of benzene rings is 2. The summed E-state index contributed by atoms with van der Waals surface area (Å²) in [5.41, 5.74) is 1.38. The van der Waals surface area contributed by atoms with Gasteiger partial charge in [-0.25, -0.2) is 13.6 Å². The summed E-state index contributed by atoms with van der Waals surface area (Å²) in [5.74, 6) is -1.80. The second-order valence-corrected chi connectivity index (χ2v) is 7.86. The summed E-state index contributed by atoms with van der Waals surface area (Å²) in [6, 6.07) is 11.0. The van der Waals surface area contributed by atoms with Crippen molar-refractivity contribution in [1.82, 2.24) is 10.2 Å². The molecule has 0 aliphatic carbocycles. The minimum absolute atomic E-state index is 0.0509. The minimum atomic E-state index is -0.905. The Morgan fingerprint density at radius 3 is 2.56 bits per heavy atom. The van der Waals surface area contributed by atoms with Gasteiger partial charge in [0.05, 0.1) is 12.6 Å². The Labute approximate surface area is 185 Å². The van der Waals surface area contributed by atoms with E-state index in [9.17, 15) is 18.4 Å². The van der Waals surface area contributed by atoms with Crippen LogP contribution in [0, 0.1) is 17.6 Å². The average molecular weight is 444 g/mol. The van der Waals surface area contributed by atoms with Crippen LogP contribution in [-0.2, 0) is 9.53 Å². The Morgan fingerprint density at radius 2 is 1.91 bits per heavy atom. The van der Waals surface area contributed by atoms with Gasteiger partial charge in [0.1, 0.15) is 24.3 Å². The fraction of sp³-hybridized carbons (Fsp3) is 0.333. The summed E-state index contributed by atoms with van der Waals surface area (Å²) in [7, 11) is 0. The Hall–Kier alpha value is -3.26. The predicted molar refractivity (Wildman–Crippen MR) is 115 cm³/mol. The largest absolute Gasteiger partial charge is 0.447 e. The first-order valence-electron chi connectivity index (χ1n) is 10.4. The molecule has 6 nitrogen and oxygen atoms in total. The van der Waals surface area contributed by atoms with Crippen molar-refractivity contribution in [1.29, 1.82) is 0 Å². The van der Waals surface area contributed by atoms with Crippen molar-refractivity contribution < 1.29 is 28.2 Å². The number of nitrogens with one attached hydrogen (secondary N) is 1. The van der Waals surface area contributed by atoms with Crippen LogP contribution < -0.4 is 5.32 Å². The van der Waals surface area contributed by atoms with Gasteiger partial charge < -0.3 is 20.1 Å². The van der Waals surface area contributed by atoms with Crippen LogP contribution in [0.2, 0.25) is 0 Å². The van der Waals surface area contributed by atoms with Crippen LogP contribution in [-0.4, -0.2) is 47.8 Å². The topological polar surface area (TPSA) is 78.9 Å². The molecule has 0 radical (unpaired) electrons. The molecule has 2 N–H and O–H groups in total. The van der Waals surface area contributed by atoms with Crippen LogP contribution in [0.5, 0.6) is 0 Å². The van der Waals surface area contributed by atoms with Gasteiger partial charge in [0.15, 0.2) is 0 Å². The molecule has 32 heavy (non-hydrogen) atoms. The third-order valence-electron chi connectivity index (χ3n) is 5.26. The van der Waals surface area contributed by atoms with Crippen molar-refractivity contribution in [2.45, 2.75) is 25.9 Å². The predicted octanol–water partition coefficient (Wildman–Crippen LogP) is 3.67. The summed E-state index contributed by atoms with van der Waals surface area (Å²) in [4.78, 5) is 27.1. The molecule has 170 valence electrons. The summed E-state index contributed by atoms with van der Waals surface area (Å²) in [5, 5.41) is 11.4. The highest BCUT2D eigenvalue weighted by Crippen LogP contribution is 2.36. The molecule has 1 aliphatic heterocycles. The van der Waals surface area contributed by atoms with Gasteiger partial charge in [0, 0.05) is 12.1 Å². The number of amides is 2. The van der Waals surface area contributed by atoms with Gasteiger partial charge in [-0.1, -0.05) is 50.3 Å². The molecule has 0 saturated carbocycles. The molecule has 2 atom stereocenters. The molecule has 2 amide bonds. The third kappa shape index (κ3) is 5.31. The summed E-state index contributed by atoms with van der Waals surface area (Å²) in [6.45, 7) is 3.09.